The van der Waals surface area contributed by atoms with Crippen LogP contribution in [0.2, 0.25) is 5.02 Å². The molecule has 0 saturated heterocycles. The number of aromatic amines is 1. The summed E-state index contributed by atoms with van der Waals surface area (Å²) in [4.78, 5) is 34.0. The van der Waals surface area contributed by atoms with E-state index in [9.17, 15) is 14.7 Å². The van der Waals surface area contributed by atoms with Gasteiger partial charge in [0.15, 0.2) is 11.2 Å². The van der Waals surface area contributed by atoms with Gasteiger partial charge in [0.1, 0.15) is 0 Å². The van der Waals surface area contributed by atoms with Gasteiger partial charge < -0.3 is 20.0 Å². The highest BCUT2D eigenvalue weighted by molar-refractivity contribution is 6.35. The lowest BCUT2D eigenvalue weighted by Crippen LogP contribution is -2.39. The van der Waals surface area contributed by atoms with Gasteiger partial charge >= 0.3 is 5.69 Å². The van der Waals surface area contributed by atoms with Crippen LogP contribution in [0.4, 0.5) is 5.95 Å². The molecule has 31 heavy (non-hydrogen) atoms. The van der Waals surface area contributed by atoms with Crippen LogP contribution in [0.1, 0.15) is 25.0 Å². The highest BCUT2D eigenvalue weighted by atomic mass is 35.5. The molecule has 162 valence electrons. The predicted molar refractivity (Wildman–Crippen MR) is 120 cm³/mol. The Bertz CT molecular complexity index is 1430. The number of halogens is 1. The van der Waals surface area contributed by atoms with Gasteiger partial charge in [-0.2, -0.15) is 4.98 Å². The average molecular weight is 443 g/mol. The number of hydrogen-bond acceptors (Lipinski definition) is 5. The Morgan fingerprint density at radius 1 is 1.26 bits per heavy atom. The number of rotatable bonds is 4. The molecule has 1 saturated carbocycles. The fraction of sp³-hybridized carbons (Fsp3) is 0.381. The summed E-state index contributed by atoms with van der Waals surface area (Å²) in [5.74, 6) is 0.461. The lowest BCUT2D eigenvalue weighted by molar-refractivity contribution is 0.171. The van der Waals surface area contributed by atoms with Gasteiger partial charge in [-0.15, -0.1) is 0 Å². The van der Waals surface area contributed by atoms with Crippen molar-refractivity contribution in [2.45, 2.75) is 38.0 Å². The van der Waals surface area contributed by atoms with E-state index in [-0.39, 0.29) is 12.6 Å². The molecular formula is C21H23ClN6O3. The summed E-state index contributed by atoms with van der Waals surface area (Å²) in [6.45, 7) is 0.0851. The summed E-state index contributed by atoms with van der Waals surface area (Å²) in [5.41, 5.74) is 1.31. The van der Waals surface area contributed by atoms with E-state index in [1.54, 1.807) is 24.7 Å². The van der Waals surface area contributed by atoms with E-state index < -0.39 is 17.4 Å². The Labute approximate surface area is 181 Å². The quantitative estimate of drug-likeness (QED) is 0.447. The molecule has 3 N–H and O–H groups in total. The predicted octanol–water partition coefficient (Wildman–Crippen LogP) is 1.94. The molecule has 10 heteroatoms. The maximum Gasteiger partial charge on any atom is 0.332 e. The maximum absolute atomic E-state index is 13.3. The molecule has 0 radical (unpaired) electrons. The molecular weight excluding hydrogens is 420 g/mol. The van der Waals surface area contributed by atoms with E-state index >= 15 is 0 Å². The first-order valence-electron chi connectivity index (χ1n) is 10.2. The fourth-order valence-corrected chi connectivity index (χ4v) is 4.65. The molecule has 0 bridgehead atoms. The SMILES string of the molecule is Cn1c(N[C@H]2CCC[C@@H]2O)nc2c1c(=O)n(Cc1cc3c(Cl)cccc3[nH]1)c(=O)n2C. The van der Waals surface area contributed by atoms with E-state index in [0.29, 0.717) is 27.8 Å². The Morgan fingerprint density at radius 3 is 2.77 bits per heavy atom. The number of imidazole rings is 1. The Balaban J connectivity index is 1.60. The Hall–Kier alpha value is -3.04. The number of nitrogens with zero attached hydrogens (tertiary/aromatic N) is 4. The van der Waals surface area contributed by atoms with Crippen molar-refractivity contribution >= 4 is 39.6 Å². The number of aliphatic hydroxyl groups is 1. The van der Waals surface area contributed by atoms with Crippen molar-refractivity contribution in [3.05, 3.63) is 55.8 Å². The van der Waals surface area contributed by atoms with Crippen molar-refractivity contribution < 1.29 is 5.11 Å². The number of aryl methyl sites for hydroxylation is 2. The van der Waals surface area contributed by atoms with E-state index in [4.69, 9.17) is 11.6 Å². The largest absolute Gasteiger partial charge is 0.391 e. The number of anilines is 1. The average Bonchev–Trinajstić information content (AvgIpc) is 3.43. The highest BCUT2D eigenvalue weighted by Gasteiger charge is 2.27. The molecule has 0 aliphatic heterocycles. The molecule has 3 aromatic heterocycles. The molecule has 1 aliphatic carbocycles. The van der Waals surface area contributed by atoms with Crippen molar-refractivity contribution in [3.63, 3.8) is 0 Å². The number of benzene rings is 1. The van der Waals surface area contributed by atoms with Crippen LogP contribution in [0.5, 0.6) is 0 Å². The molecule has 0 amide bonds. The van der Waals surface area contributed by atoms with Crippen LogP contribution >= 0.6 is 11.6 Å². The lowest BCUT2D eigenvalue weighted by atomic mass is 10.2. The topological polar surface area (TPSA) is 110 Å². The van der Waals surface area contributed by atoms with Gasteiger partial charge in [0, 0.05) is 35.7 Å². The summed E-state index contributed by atoms with van der Waals surface area (Å²) < 4.78 is 4.22. The van der Waals surface area contributed by atoms with Gasteiger partial charge in [-0.25, -0.2) is 4.79 Å². The zero-order chi connectivity index (χ0) is 21.9. The van der Waals surface area contributed by atoms with Crippen molar-refractivity contribution in [1.82, 2.24) is 23.7 Å². The lowest BCUT2D eigenvalue weighted by Gasteiger charge is -2.16. The minimum Gasteiger partial charge on any atom is -0.391 e. The molecule has 0 spiro atoms. The van der Waals surface area contributed by atoms with Crippen LogP contribution < -0.4 is 16.6 Å². The van der Waals surface area contributed by atoms with Crippen molar-refractivity contribution in [2.75, 3.05) is 5.32 Å². The number of nitrogens with one attached hydrogen (secondary N) is 2. The second-order valence-electron chi connectivity index (χ2n) is 8.14. The molecule has 1 aromatic carbocycles. The first kappa shape index (κ1) is 19.9. The molecule has 1 fully saturated rings. The number of hydrogen-bond donors (Lipinski definition) is 3. The van der Waals surface area contributed by atoms with Crippen molar-refractivity contribution in [1.29, 1.82) is 0 Å². The molecule has 5 rings (SSSR count). The van der Waals surface area contributed by atoms with Crippen LogP contribution in [-0.4, -0.2) is 40.9 Å². The number of fused-ring (bicyclic) bond motifs is 2. The maximum atomic E-state index is 13.3. The van der Waals surface area contributed by atoms with Crippen molar-refractivity contribution in [3.8, 4) is 0 Å². The second-order valence-corrected chi connectivity index (χ2v) is 8.55. The van der Waals surface area contributed by atoms with E-state index in [0.717, 1.165) is 30.2 Å². The number of aliphatic hydroxyl groups excluding tert-OH is 1. The van der Waals surface area contributed by atoms with Gasteiger partial charge in [0.05, 0.1) is 18.7 Å². The first-order valence-corrected chi connectivity index (χ1v) is 10.6. The molecule has 1 aliphatic rings. The minimum atomic E-state index is -0.451. The van der Waals surface area contributed by atoms with Crippen LogP contribution in [0.3, 0.4) is 0 Å². The molecule has 4 aromatic rings. The van der Waals surface area contributed by atoms with Gasteiger partial charge in [0.25, 0.3) is 5.56 Å². The monoisotopic (exact) mass is 442 g/mol. The third-order valence-electron chi connectivity index (χ3n) is 6.15. The standard InChI is InChI=1S/C21H23ClN6O3/c1-26-17-18(25-20(26)24-15-7-4-8-16(15)29)27(2)21(31)28(19(17)30)10-11-9-12-13(22)5-3-6-14(12)23-11/h3,5-6,9,15-16,23,29H,4,7-8,10H2,1-2H3,(H,24,25)/t15-,16-/m0/s1. The summed E-state index contributed by atoms with van der Waals surface area (Å²) in [6, 6.07) is 7.26. The third kappa shape index (κ3) is 3.16. The van der Waals surface area contributed by atoms with Gasteiger partial charge in [-0.1, -0.05) is 17.7 Å². The molecule has 0 unspecified atom stereocenters. The van der Waals surface area contributed by atoms with Gasteiger partial charge in [0.2, 0.25) is 5.95 Å². The Morgan fingerprint density at radius 2 is 2.06 bits per heavy atom. The zero-order valence-electron chi connectivity index (χ0n) is 17.2. The molecule has 3 heterocycles. The third-order valence-corrected chi connectivity index (χ3v) is 6.48. The Kier molecular flexibility index (Phi) is 4.67. The first-order chi connectivity index (χ1) is 14.8. The number of aromatic nitrogens is 5. The molecule has 2 atom stereocenters. The molecule has 9 nitrogen and oxygen atoms in total. The summed E-state index contributed by atoms with van der Waals surface area (Å²) >= 11 is 6.25. The normalized spacial score (nSPS) is 19.0. The van der Waals surface area contributed by atoms with Crippen LogP contribution in [0.25, 0.3) is 22.1 Å². The van der Waals surface area contributed by atoms with Crippen molar-refractivity contribution in [2.24, 2.45) is 14.1 Å². The van der Waals surface area contributed by atoms with Gasteiger partial charge in [-0.3, -0.25) is 13.9 Å². The second kappa shape index (κ2) is 7.28. The van der Waals surface area contributed by atoms with Crippen LogP contribution in [0, 0.1) is 0 Å². The zero-order valence-corrected chi connectivity index (χ0v) is 18.0. The fourth-order valence-electron chi connectivity index (χ4n) is 4.42. The van der Waals surface area contributed by atoms with Crippen LogP contribution in [0.15, 0.2) is 33.9 Å². The summed E-state index contributed by atoms with van der Waals surface area (Å²) in [7, 11) is 3.34. The van der Waals surface area contributed by atoms with E-state index in [2.05, 4.69) is 15.3 Å². The highest BCUT2D eigenvalue weighted by Crippen LogP contribution is 2.25. The summed E-state index contributed by atoms with van der Waals surface area (Å²) in [6.07, 6.45) is 2.05. The van der Waals surface area contributed by atoms with Gasteiger partial charge in [-0.05, 0) is 37.5 Å². The summed E-state index contributed by atoms with van der Waals surface area (Å²) in [5, 5.41) is 14.8. The van der Waals surface area contributed by atoms with Crippen LogP contribution in [-0.2, 0) is 20.6 Å². The van der Waals surface area contributed by atoms with E-state index in [1.165, 1.54) is 9.13 Å². The minimum absolute atomic E-state index is 0.0851. The number of H-pyrrole nitrogens is 1. The smallest absolute Gasteiger partial charge is 0.332 e. The van der Waals surface area contributed by atoms with E-state index in [1.807, 2.05) is 18.2 Å².